The lowest BCUT2D eigenvalue weighted by Crippen LogP contribution is -2.09. The third-order valence-electron chi connectivity index (χ3n) is 1.81. The molecule has 0 aliphatic heterocycles. The highest BCUT2D eigenvalue weighted by atomic mass is 19.4. The minimum absolute atomic E-state index is 0.268. The standard InChI is InChI=1S/C9H6F4O2/c10-4-5-1-2-6(9(11,12)13)3-7(5)8(14)15/h1-3H,4H2,(H,14,15). The van der Waals surface area contributed by atoms with Gasteiger partial charge in [0.2, 0.25) is 0 Å². The van der Waals surface area contributed by atoms with Gasteiger partial charge in [0.15, 0.2) is 0 Å². The predicted octanol–water partition coefficient (Wildman–Crippen LogP) is 2.87. The number of alkyl halides is 4. The number of hydrogen-bond donors (Lipinski definition) is 1. The van der Waals surface area contributed by atoms with Gasteiger partial charge in [-0.3, -0.25) is 0 Å². The first-order valence-corrected chi connectivity index (χ1v) is 3.85. The highest BCUT2D eigenvalue weighted by Crippen LogP contribution is 2.30. The molecular formula is C9H6F4O2. The zero-order valence-corrected chi connectivity index (χ0v) is 7.31. The monoisotopic (exact) mass is 222 g/mol. The fraction of sp³-hybridized carbons (Fsp3) is 0.222. The quantitative estimate of drug-likeness (QED) is 0.781. The van der Waals surface area contributed by atoms with Crippen molar-refractivity contribution in [3.63, 3.8) is 0 Å². The lowest BCUT2D eigenvalue weighted by Gasteiger charge is -2.09. The van der Waals surface area contributed by atoms with Crippen LogP contribution in [0.4, 0.5) is 17.6 Å². The lowest BCUT2D eigenvalue weighted by molar-refractivity contribution is -0.137. The summed E-state index contributed by atoms with van der Waals surface area (Å²) in [5.74, 6) is -1.58. The summed E-state index contributed by atoms with van der Waals surface area (Å²) >= 11 is 0. The SMILES string of the molecule is O=C(O)c1cc(C(F)(F)F)ccc1CF. The highest BCUT2D eigenvalue weighted by Gasteiger charge is 2.31. The molecular weight excluding hydrogens is 216 g/mol. The van der Waals surface area contributed by atoms with Crippen molar-refractivity contribution in [2.75, 3.05) is 0 Å². The van der Waals surface area contributed by atoms with E-state index in [4.69, 9.17) is 5.11 Å². The van der Waals surface area contributed by atoms with Crippen molar-refractivity contribution in [3.8, 4) is 0 Å². The third kappa shape index (κ3) is 2.45. The molecule has 0 spiro atoms. The summed E-state index contributed by atoms with van der Waals surface area (Å²) in [6.07, 6.45) is -4.63. The second-order valence-electron chi connectivity index (χ2n) is 2.81. The van der Waals surface area contributed by atoms with Crippen LogP contribution in [0.1, 0.15) is 21.5 Å². The van der Waals surface area contributed by atoms with Crippen molar-refractivity contribution in [1.29, 1.82) is 0 Å². The normalized spacial score (nSPS) is 11.5. The molecule has 0 heterocycles. The highest BCUT2D eigenvalue weighted by molar-refractivity contribution is 5.89. The van der Waals surface area contributed by atoms with Crippen molar-refractivity contribution in [1.82, 2.24) is 0 Å². The van der Waals surface area contributed by atoms with E-state index in [1.807, 2.05) is 0 Å². The molecule has 1 rings (SSSR count). The van der Waals surface area contributed by atoms with Crippen LogP contribution in [0.25, 0.3) is 0 Å². The Morgan fingerprint density at radius 3 is 2.33 bits per heavy atom. The van der Waals surface area contributed by atoms with Gasteiger partial charge >= 0.3 is 12.1 Å². The number of carboxylic acids is 1. The van der Waals surface area contributed by atoms with Crippen LogP contribution in [0.2, 0.25) is 0 Å². The van der Waals surface area contributed by atoms with E-state index in [1.165, 1.54) is 0 Å². The summed E-state index contributed by atoms with van der Waals surface area (Å²) in [6, 6.07) is 1.91. The first kappa shape index (κ1) is 11.5. The second kappa shape index (κ2) is 3.88. The van der Waals surface area contributed by atoms with E-state index < -0.39 is 29.9 Å². The number of aromatic carboxylic acids is 1. The van der Waals surface area contributed by atoms with Crippen molar-refractivity contribution in [3.05, 3.63) is 34.9 Å². The molecule has 2 nitrogen and oxygen atoms in total. The van der Waals surface area contributed by atoms with E-state index >= 15 is 0 Å². The van der Waals surface area contributed by atoms with Crippen LogP contribution in [0.5, 0.6) is 0 Å². The van der Waals surface area contributed by atoms with Crippen molar-refractivity contribution >= 4 is 5.97 Å². The molecule has 0 aliphatic rings. The summed E-state index contributed by atoms with van der Waals surface area (Å²) in [7, 11) is 0. The minimum atomic E-state index is -4.63. The molecule has 0 unspecified atom stereocenters. The van der Waals surface area contributed by atoms with Crippen LogP contribution in [0.15, 0.2) is 18.2 Å². The first-order chi connectivity index (χ1) is 6.86. The van der Waals surface area contributed by atoms with Gasteiger partial charge in [-0.05, 0) is 17.7 Å². The molecule has 15 heavy (non-hydrogen) atoms. The van der Waals surface area contributed by atoms with Crippen molar-refractivity contribution in [2.45, 2.75) is 12.9 Å². The Morgan fingerprint density at radius 2 is 1.93 bits per heavy atom. The van der Waals surface area contributed by atoms with Gasteiger partial charge in [-0.15, -0.1) is 0 Å². The Hall–Kier alpha value is -1.59. The van der Waals surface area contributed by atoms with Crippen LogP contribution >= 0.6 is 0 Å². The van der Waals surface area contributed by atoms with Crippen molar-refractivity contribution < 1.29 is 27.5 Å². The van der Waals surface area contributed by atoms with Crippen LogP contribution in [-0.2, 0) is 12.9 Å². The van der Waals surface area contributed by atoms with E-state index in [-0.39, 0.29) is 5.56 Å². The number of benzene rings is 1. The topological polar surface area (TPSA) is 37.3 Å². The van der Waals surface area contributed by atoms with E-state index in [9.17, 15) is 22.4 Å². The van der Waals surface area contributed by atoms with Gasteiger partial charge < -0.3 is 5.11 Å². The van der Waals surface area contributed by atoms with E-state index in [1.54, 1.807) is 0 Å². The number of carboxylic acid groups (broad SMARTS) is 1. The van der Waals surface area contributed by atoms with Gasteiger partial charge in [0.25, 0.3) is 0 Å². The maximum Gasteiger partial charge on any atom is 0.416 e. The molecule has 0 atom stereocenters. The number of rotatable bonds is 2. The minimum Gasteiger partial charge on any atom is -0.478 e. The fourth-order valence-electron chi connectivity index (χ4n) is 1.07. The first-order valence-electron chi connectivity index (χ1n) is 3.85. The molecule has 0 aromatic heterocycles. The van der Waals surface area contributed by atoms with Crippen LogP contribution < -0.4 is 0 Å². The maximum atomic E-state index is 12.2. The number of hydrogen-bond acceptors (Lipinski definition) is 1. The van der Waals surface area contributed by atoms with Crippen LogP contribution in [-0.4, -0.2) is 11.1 Å². The lowest BCUT2D eigenvalue weighted by atomic mass is 10.0. The van der Waals surface area contributed by atoms with Gasteiger partial charge in [-0.25, -0.2) is 9.18 Å². The molecule has 0 saturated heterocycles. The van der Waals surface area contributed by atoms with Gasteiger partial charge in [-0.2, -0.15) is 13.2 Å². The summed E-state index contributed by atoms with van der Waals surface area (Å²) < 4.78 is 48.8. The largest absolute Gasteiger partial charge is 0.478 e. The van der Waals surface area contributed by atoms with Gasteiger partial charge in [0.05, 0.1) is 11.1 Å². The Morgan fingerprint density at radius 1 is 1.33 bits per heavy atom. The predicted molar refractivity (Wildman–Crippen MR) is 43.2 cm³/mol. The van der Waals surface area contributed by atoms with E-state index in [0.717, 1.165) is 6.07 Å². The Bertz CT molecular complexity index is 384. The molecule has 1 N–H and O–H groups in total. The van der Waals surface area contributed by atoms with Crippen LogP contribution in [0.3, 0.4) is 0 Å². The summed E-state index contributed by atoms with van der Waals surface area (Å²) in [4.78, 5) is 10.5. The molecule has 1 aromatic rings. The average Bonchev–Trinajstić information content (AvgIpc) is 2.15. The van der Waals surface area contributed by atoms with Gasteiger partial charge in [-0.1, -0.05) is 6.07 Å². The molecule has 0 amide bonds. The number of halogens is 4. The summed E-state index contributed by atoms with van der Waals surface area (Å²) in [5.41, 5.74) is -2.03. The Labute approximate surface area is 82.1 Å². The van der Waals surface area contributed by atoms with Crippen LogP contribution in [0, 0.1) is 0 Å². The van der Waals surface area contributed by atoms with Crippen molar-refractivity contribution in [2.24, 2.45) is 0 Å². The molecule has 0 bridgehead atoms. The van der Waals surface area contributed by atoms with Gasteiger partial charge in [0, 0.05) is 0 Å². The summed E-state index contributed by atoms with van der Waals surface area (Å²) in [5, 5.41) is 8.55. The fourth-order valence-corrected chi connectivity index (χ4v) is 1.07. The molecule has 0 radical (unpaired) electrons. The average molecular weight is 222 g/mol. The molecule has 0 saturated carbocycles. The number of carbonyl (C=O) groups is 1. The molecule has 6 heteroatoms. The van der Waals surface area contributed by atoms with Gasteiger partial charge in [0.1, 0.15) is 6.67 Å². The van der Waals surface area contributed by atoms with E-state index in [2.05, 4.69) is 0 Å². The Balaban J connectivity index is 3.28. The third-order valence-corrected chi connectivity index (χ3v) is 1.81. The zero-order chi connectivity index (χ0) is 11.6. The van der Waals surface area contributed by atoms with E-state index in [0.29, 0.717) is 12.1 Å². The Kier molecular flexibility index (Phi) is 2.97. The smallest absolute Gasteiger partial charge is 0.416 e. The maximum absolute atomic E-state index is 12.2. The molecule has 1 aromatic carbocycles. The molecule has 0 aliphatic carbocycles. The zero-order valence-electron chi connectivity index (χ0n) is 7.31. The molecule has 82 valence electrons. The summed E-state index contributed by atoms with van der Waals surface area (Å²) in [6.45, 7) is -1.11. The second-order valence-corrected chi connectivity index (χ2v) is 2.81. The molecule has 0 fully saturated rings.